The van der Waals surface area contributed by atoms with Gasteiger partial charge in [0.15, 0.2) is 5.82 Å². The van der Waals surface area contributed by atoms with Crippen LogP contribution in [0.25, 0.3) is 39.5 Å². The van der Waals surface area contributed by atoms with Crippen LogP contribution in [0.1, 0.15) is 31.4 Å². The van der Waals surface area contributed by atoms with E-state index in [1.54, 1.807) is 0 Å². The lowest BCUT2D eigenvalue weighted by molar-refractivity contribution is 0.613. The molecule has 1 aliphatic heterocycles. The van der Waals surface area contributed by atoms with Gasteiger partial charge in [0.25, 0.3) is 0 Å². The van der Waals surface area contributed by atoms with Gasteiger partial charge in [0.2, 0.25) is 0 Å². The molecular formula is C44H35N3. The van der Waals surface area contributed by atoms with Crippen molar-refractivity contribution in [3.8, 4) is 33.9 Å². The zero-order chi connectivity index (χ0) is 31.8. The lowest BCUT2D eigenvalue weighted by Gasteiger charge is -2.44. The minimum Gasteiger partial charge on any atom is -0.310 e. The van der Waals surface area contributed by atoms with Crippen molar-refractivity contribution in [2.75, 3.05) is 4.90 Å². The summed E-state index contributed by atoms with van der Waals surface area (Å²) in [4.78, 5) is 12.6. The molecule has 0 saturated heterocycles. The molecule has 0 fully saturated rings. The number of rotatable bonds is 5. The number of hydrogen-bond donors (Lipinski definition) is 0. The molecule has 3 heteroatoms. The summed E-state index contributed by atoms with van der Waals surface area (Å²) < 4.78 is 0. The number of benzene rings is 5. The van der Waals surface area contributed by atoms with Gasteiger partial charge in [-0.05, 0) is 65.1 Å². The van der Waals surface area contributed by atoms with Crippen molar-refractivity contribution in [3.63, 3.8) is 0 Å². The van der Waals surface area contributed by atoms with Crippen molar-refractivity contribution in [3.05, 3.63) is 186 Å². The molecule has 0 amide bonds. The maximum Gasteiger partial charge on any atom is 0.160 e. The largest absolute Gasteiger partial charge is 0.310 e. The predicted octanol–water partition coefficient (Wildman–Crippen LogP) is 11.2. The number of anilines is 2. The first-order valence-electron chi connectivity index (χ1n) is 16.2. The maximum absolute atomic E-state index is 5.10. The molecule has 6 aromatic rings. The summed E-state index contributed by atoms with van der Waals surface area (Å²) in [6.45, 7) is 4.70. The molecule has 0 unspecified atom stereocenters. The van der Waals surface area contributed by atoms with Crippen LogP contribution >= 0.6 is 0 Å². The summed E-state index contributed by atoms with van der Waals surface area (Å²) in [7, 11) is 0. The Morgan fingerprint density at radius 2 is 1.13 bits per heavy atom. The van der Waals surface area contributed by atoms with Crippen LogP contribution in [0.5, 0.6) is 0 Å². The molecule has 226 valence electrons. The van der Waals surface area contributed by atoms with E-state index in [2.05, 4.69) is 170 Å². The molecule has 47 heavy (non-hydrogen) atoms. The summed E-state index contributed by atoms with van der Waals surface area (Å²) in [6.07, 6.45) is 7.96. The van der Waals surface area contributed by atoms with E-state index in [4.69, 9.17) is 9.97 Å². The second-order valence-electron chi connectivity index (χ2n) is 12.6. The van der Waals surface area contributed by atoms with Crippen molar-refractivity contribution >= 4 is 16.9 Å². The normalized spacial score (nSPS) is 15.0. The Kier molecular flexibility index (Phi) is 7.23. The predicted molar refractivity (Wildman–Crippen MR) is 195 cm³/mol. The van der Waals surface area contributed by atoms with Crippen LogP contribution in [-0.4, -0.2) is 9.97 Å². The van der Waals surface area contributed by atoms with Crippen LogP contribution < -0.4 is 4.90 Å². The maximum atomic E-state index is 5.10. The van der Waals surface area contributed by atoms with Crippen LogP contribution in [0.3, 0.4) is 0 Å². The average Bonchev–Trinajstić information content (AvgIpc) is 3.37. The fourth-order valence-electron chi connectivity index (χ4n) is 6.86. The van der Waals surface area contributed by atoms with Gasteiger partial charge < -0.3 is 4.90 Å². The van der Waals surface area contributed by atoms with Gasteiger partial charge in [-0.25, -0.2) is 9.97 Å². The van der Waals surface area contributed by atoms with Gasteiger partial charge in [-0.3, -0.25) is 0 Å². The molecule has 0 radical (unpaired) electrons. The summed E-state index contributed by atoms with van der Waals surface area (Å²) in [6, 6.07) is 51.0. The first-order chi connectivity index (χ1) is 23.1. The van der Waals surface area contributed by atoms with Gasteiger partial charge >= 0.3 is 0 Å². The zero-order valence-electron chi connectivity index (χ0n) is 26.6. The van der Waals surface area contributed by atoms with Gasteiger partial charge in [-0.1, -0.05) is 141 Å². The molecule has 5 aromatic carbocycles. The van der Waals surface area contributed by atoms with Crippen LogP contribution in [0, 0.1) is 0 Å². The number of aromatic nitrogens is 2. The Morgan fingerprint density at radius 3 is 1.81 bits per heavy atom. The lowest BCUT2D eigenvalue weighted by Crippen LogP contribution is -2.35. The summed E-state index contributed by atoms with van der Waals surface area (Å²) in [5.74, 6) is 0.718. The van der Waals surface area contributed by atoms with E-state index in [0.29, 0.717) is 0 Å². The van der Waals surface area contributed by atoms with Crippen LogP contribution in [-0.2, 0) is 5.41 Å². The third-order valence-electron chi connectivity index (χ3n) is 9.29. The van der Waals surface area contributed by atoms with E-state index < -0.39 is 0 Å². The minimum atomic E-state index is -0.188. The summed E-state index contributed by atoms with van der Waals surface area (Å²) in [5.41, 5.74) is 13.4. The van der Waals surface area contributed by atoms with Gasteiger partial charge in [0, 0.05) is 33.5 Å². The molecule has 1 aromatic heterocycles. The number of fused-ring (bicyclic) bond motifs is 2. The fraction of sp³-hybridized carbons (Fsp3) is 0.0909. The van der Waals surface area contributed by atoms with E-state index in [1.165, 1.54) is 33.8 Å². The first-order valence-corrected chi connectivity index (χ1v) is 16.2. The molecule has 3 nitrogen and oxygen atoms in total. The first kappa shape index (κ1) is 28.7. The highest BCUT2D eigenvalue weighted by atomic mass is 15.2. The number of allylic oxidation sites excluding steroid dienone is 5. The Morgan fingerprint density at radius 1 is 0.553 bits per heavy atom. The van der Waals surface area contributed by atoms with Crippen LogP contribution in [0.15, 0.2) is 175 Å². The zero-order valence-corrected chi connectivity index (χ0v) is 26.6. The lowest BCUT2D eigenvalue weighted by atomic mass is 9.71. The molecule has 8 rings (SSSR count). The minimum absolute atomic E-state index is 0.188. The highest BCUT2D eigenvalue weighted by molar-refractivity contribution is 5.86. The van der Waals surface area contributed by atoms with Crippen molar-refractivity contribution in [1.29, 1.82) is 0 Å². The Hall–Kier alpha value is -5.80. The van der Waals surface area contributed by atoms with E-state index >= 15 is 0 Å². The fourth-order valence-corrected chi connectivity index (χ4v) is 6.86. The SMILES string of the molecule is CC1(C)C2=CC(c3cccc(-c4nc(-c5ccccc5)cc(-c5ccccc5)n4)c3)=CCC=C2N(c2ccccc2)c2ccccc21. The standard InChI is InChI=1S/C44H35N3/c1-44(2)37-25-12-13-26-41(37)47(36-23-10-5-11-24-36)42-27-15-21-34(29-38(42)44)33-20-14-22-35(28-33)43-45-39(31-16-6-3-7-17-31)30-40(46-43)32-18-8-4-9-19-32/h3-14,16-30H,15H2,1-2H3. The molecular weight excluding hydrogens is 571 g/mol. The van der Waals surface area contributed by atoms with Gasteiger partial charge in [-0.2, -0.15) is 0 Å². The quantitative estimate of drug-likeness (QED) is 0.196. The summed E-state index contributed by atoms with van der Waals surface area (Å²) >= 11 is 0. The van der Waals surface area contributed by atoms with E-state index in [1.807, 2.05) is 12.1 Å². The Bertz CT molecular complexity index is 2120. The summed E-state index contributed by atoms with van der Waals surface area (Å²) in [5, 5.41) is 0. The van der Waals surface area contributed by atoms with Crippen molar-refractivity contribution in [2.24, 2.45) is 0 Å². The van der Waals surface area contributed by atoms with E-state index in [-0.39, 0.29) is 5.41 Å². The van der Waals surface area contributed by atoms with Crippen molar-refractivity contribution in [2.45, 2.75) is 25.7 Å². The molecule has 0 bridgehead atoms. The molecule has 0 N–H and O–H groups in total. The highest BCUT2D eigenvalue weighted by Crippen LogP contribution is 2.51. The van der Waals surface area contributed by atoms with Crippen molar-refractivity contribution < 1.29 is 0 Å². The highest BCUT2D eigenvalue weighted by Gasteiger charge is 2.39. The molecule has 0 atom stereocenters. The van der Waals surface area contributed by atoms with Gasteiger partial charge in [-0.15, -0.1) is 0 Å². The smallest absolute Gasteiger partial charge is 0.160 e. The topological polar surface area (TPSA) is 29.0 Å². The van der Waals surface area contributed by atoms with Crippen LogP contribution in [0.4, 0.5) is 11.4 Å². The van der Waals surface area contributed by atoms with E-state index in [9.17, 15) is 0 Å². The third-order valence-corrected chi connectivity index (χ3v) is 9.29. The molecule has 0 spiro atoms. The van der Waals surface area contributed by atoms with Crippen molar-refractivity contribution in [1.82, 2.24) is 9.97 Å². The molecule has 0 saturated carbocycles. The second kappa shape index (κ2) is 11.9. The third kappa shape index (κ3) is 5.30. The molecule has 2 heterocycles. The van der Waals surface area contributed by atoms with Gasteiger partial charge in [0.05, 0.1) is 17.1 Å². The van der Waals surface area contributed by atoms with Crippen LogP contribution in [0.2, 0.25) is 0 Å². The number of hydrogen-bond acceptors (Lipinski definition) is 3. The molecule has 1 aliphatic carbocycles. The monoisotopic (exact) mass is 605 g/mol. The molecule has 2 aliphatic rings. The number of para-hydroxylation sites is 2. The Balaban J connectivity index is 1.24. The van der Waals surface area contributed by atoms with Gasteiger partial charge in [0.1, 0.15) is 0 Å². The number of nitrogens with zero attached hydrogens (tertiary/aromatic N) is 3. The Labute approximate surface area is 276 Å². The van der Waals surface area contributed by atoms with E-state index in [0.717, 1.165) is 45.9 Å². The second-order valence-corrected chi connectivity index (χ2v) is 12.6. The average molecular weight is 606 g/mol.